The van der Waals surface area contributed by atoms with Gasteiger partial charge in [0.25, 0.3) is 0 Å². The van der Waals surface area contributed by atoms with E-state index >= 15 is 0 Å². The Morgan fingerprint density at radius 1 is 1.05 bits per heavy atom. The van der Waals surface area contributed by atoms with E-state index in [2.05, 4.69) is 66.7 Å². The Morgan fingerprint density at radius 3 is 2.53 bits per heavy atom. The van der Waals surface area contributed by atoms with Gasteiger partial charge in [0, 0.05) is 23.9 Å². The van der Waals surface area contributed by atoms with Crippen molar-refractivity contribution in [2.24, 2.45) is 0 Å². The maximum atomic E-state index is 2.41. The molecule has 0 spiro atoms. The lowest BCUT2D eigenvalue weighted by atomic mass is 9.85. The number of benzene rings is 2. The largest absolute Gasteiger partial charge is 0.301 e. The molecule has 2 aromatic carbocycles. The van der Waals surface area contributed by atoms with Gasteiger partial charge in [0.05, 0.1) is 0 Å². The maximum Gasteiger partial charge on any atom is 0.0234 e. The van der Waals surface area contributed by atoms with E-state index in [0.717, 1.165) is 13.1 Å². The standard InChI is InChI=1S/C17H19NS/c1-18-11-14-5-3-4-6-16(14)17(12-18)13-7-9-15(19-2)10-8-13/h3-10,17H,11-12H2,1-2H3. The van der Waals surface area contributed by atoms with Gasteiger partial charge in [0.15, 0.2) is 0 Å². The molecule has 1 heterocycles. The summed E-state index contributed by atoms with van der Waals surface area (Å²) in [7, 11) is 2.21. The highest BCUT2D eigenvalue weighted by atomic mass is 32.2. The fourth-order valence-electron chi connectivity index (χ4n) is 2.90. The summed E-state index contributed by atoms with van der Waals surface area (Å²) in [4.78, 5) is 3.75. The monoisotopic (exact) mass is 269 g/mol. The van der Waals surface area contributed by atoms with E-state index in [1.807, 2.05) is 0 Å². The molecule has 0 aromatic heterocycles. The van der Waals surface area contributed by atoms with E-state index in [4.69, 9.17) is 0 Å². The van der Waals surface area contributed by atoms with Crippen LogP contribution in [0.25, 0.3) is 0 Å². The molecule has 0 saturated carbocycles. The van der Waals surface area contributed by atoms with Crippen LogP contribution in [0.1, 0.15) is 22.6 Å². The van der Waals surface area contributed by atoms with Gasteiger partial charge in [-0.1, -0.05) is 36.4 Å². The van der Waals surface area contributed by atoms with E-state index in [-0.39, 0.29) is 0 Å². The molecule has 98 valence electrons. The second-order valence-corrected chi connectivity index (χ2v) is 6.10. The van der Waals surface area contributed by atoms with Crippen molar-refractivity contribution in [3.05, 3.63) is 65.2 Å². The number of likely N-dealkylation sites (N-methyl/N-ethyl adjacent to an activating group) is 1. The zero-order valence-electron chi connectivity index (χ0n) is 11.5. The molecule has 1 unspecified atom stereocenters. The average molecular weight is 269 g/mol. The Hall–Kier alpha value is -1.25. The van der Waals surface area contributed by atoms with Crippen molar-refractivity contribution >= 4 is 11.8 Å². The fourth-order valence-corrected chi connectivity index (χ4v) is 3.31. The zero-order valence-corrected chi connectivity index (χ0v) is 12.3. The van der Waals surface area contributed by atoms with E-state index in [1.54, 1.807) is 11.8 Å². The third kappa shape index (κ3) is 2.56. The summed E-state index contributed by atoms with van der Waals surface area (Å²) in [6.07, 6.45) is 2.12. The minimum Gasteiger partial charge on any atom is -0.301 e. The minimum absolute atomic E-state index is 0.505. The quantitative estimate of drug-likeness (QED) is 0.759. The van der Waals surface area contributed by atoms with Gasteiger partial charge in [-0.3, -0.25) is 0 Å². The van der Waals surface area contributed by atoms with Gasteiger partial charge in [0.1, 0.15) is 0 Å². The predicted octanol–water partition coefficient (Wildman–Crippen LogP) is 3.99. The molecular weight excluding hydrogens is 250 g/mol. The summed E-state index contributed by atoms with van der Waals surface area (Å²) in [6, 6.07) is 17.9. The van der Waals surface area contributed by atoms with Crippen LogP contribution in [0.3, 0.4) is 0 Å². The SMILES string of the molecule is CSc1ccc(C2CN(C)Cc3ccccc32)cc1. The van der Waals surface area contributed by atoms with Crippen molar-refractivity contribution in [2.75, 3.05) is 19.8 Å². The van der Waals surface area contributed by atoms with Gasteiger partial charge < -0.3 is 4.90 Å². The van der Waals surface area contributed by atoms with Crippen molar-refractivity contribution < 1.29 is 0 Å². The van der Waals surface area contributed by atoms with Gasteiger partial charge >= 0.3 is 0 Å². The van der Waals surface area contributed by atoms with Crippen LogP contribution in [0.5, 0.6) is 0 Å². The molecule has 0 fully saturated rings. The molecule has 1 nitrogen and oxygen atoms in total. The van der Waals surface area contributed by atoms with Crippen LogP contribution < -0.4 is 0 Å². The van der Waals surface area contributed by atoms with Gasteiger partial charge in [-0.05, 0) is 42.1 Å². The lowest BCUT2D eigenvalue weighted by molar-refractivity contribution is 0.295. The van der Waals surface area contributed by atoms with Crippen LogP contribution in [-0.2, 0) is 6.54 Å². The first-order valence-corrected chi connectivity index (χ1v) is 7.90. The highest BCUT2D eigenvalue weighted by Gasteiger charge is 2.24. The Bertz CT molecular complexity index is 562. The molecule has 0 N–H and O–H groups in total. The third-order valence-corrected chi connectivity index (χ3v) is 4.63. The smallest absolute Gasteiger partial charge is 0.0234 e. The van der Waals surface area contributed by atoms with Gasteiger partial charge in [-0.25, -0.2) is 0 Å². The molecule has 3 rings (SSSR count). The summed E-state index contributed by atoms with van der Waals surface area (Å²) in [6.45, 7) is 2.17. The second kappa shape index (κ2) is 5.40. The minimum atomic E-state index is 0.505. The first-order chi connectivity index (χ1) is 9.28. The first-order valence-electron chi connectivity index (χ1n) is 6.68. The van der Waals surface area contributed by atoms with E-state index in [0.29, 0.717) is 5.92 Å². The Labute approximate surface area is 119 Å². The molecule has 0 aliphatic carbocycles. The Morgan fingerprint density at radius 2 is 1.79 bits per heavy atom. The molecule has 2 heteroatoms. The summed E-state index contributed by atoms with van der Waals surface area (Å²) >= 11 is 1.80. The van der Waals surface area contributed by atoms with Gasteiger partial charge in [-0.15, -0.1) is 11.8 Å². The number of hydrogen-bond acceptors (Lipinski definition) is 2. The molecule has 0 amide bonds. The van der Waals surface area contributed by atoms with Crippen molar-refractivity contribution in [1.29, 1.82) is 0 Å². The van der Waals surface area contributed by atoms with Crippen molar-refractivity contribution in [3.8, 4) is 0 Å². The molecule has 0 bridgehead atoms. The summed E-state index contributed by atoms with van der Waals surface area (Å²) in [5.41, 5.74) is 4.39. The molecule has 0 radical (unpaired) electrons. The van der Waals surface area contributed by atoms with Crippen molar-refractivity contribution in [2.45, 2.75) is 17.4 Å². The highest BCUT2D eigenvalue weighted by Crippen LogP contribution is 2.33. The van der Waals surface area contributed by atoms with Crippen molar-refractivity contribution in [1.82, 2.24) is 4.90 Å². The lowest BCUT2D eigenvalue weighted by Gasteiger charge is -2.32. The zero-order chi connectivity index (χ0) is 13.2. The molecule has 19 heavy (non-hydrogen) atoms. The van der Waals surface area contributed by atoms with E-state index in [9.17, 15) is 0 Å². The summed E-state index contributed by atoms with van der Waals surface area (Å²) < 4.78 is 0. The average Bonchev–Trinajstić information content (AvgIpc) is 2.46. The number of fused-ring (bicyclic) bond motifs is 1. The number of rotatable bonds is 2. The second-order valence-electron chi connectivity index (χ2n) is 5.22. The summed E-state index contributed by atoms with van der Waals surface area (Å²) in [5.74, 6) is 0.505. The van der Waals surface area contributed by atoms with Crippen LogP contribution >= 0.6 is 11.8 Å². The molecule has 1 aliphatic heterocycles. The van der Waals surface area contributed by atoms with E-state index < -0.39 is 0 Å². The first kappa shape index (κ1) is 12.8. The third-order valence-electron chi connectivity index (χ3n) is 3.88. The molecule has 2 aromatic rings. The molecular formula is C17H19NS. The normalized spacial score (nSPS) is 19.2. The lowest BCUT2D eigenvalue weighted by Crippen LogP contribution is -2.30. The van der Waals surface area contributed by atoms with Gasteiger partial charge in [0.2, 0.25) is 0 Å². The summed E-state index contributed by atoms with van der Waals surface area (Å²) in [5, 5.41) is 0. The van der Waals surface area contributed by atoms with Crippen LogP contribution in [0.15, 0.2) is 53.4 Å². The Kier molecular flexibility index (Phi) is 3.63. The van der Waals surface area contributed by atoms with Crippen LogP contribution in [0.2, 0.25) is 0 Å². The Balaban J connectivity index is 1.99. The molecule has 1 atom stereocenters. The highest BCUT2D eigenvalue weighted by molar-refractivity contribution is 7.98. The van der Waals surface area contributed by atoms with Crippen LogP contribution in [-0.4, -0.2) is 24.7 Å². The fraction of sp³-hybridized carbons (Fsp3) is 0.294. The topological polar surface area (TPSA) is 3.24 Å². The number of hydrogen-bond donors (Lipinski definition) is 0. The van der Waals surface area contributed by atoms with Crippen LogP contribution in [0, 0.1) is 0 Å². The van der Waals surface area contributed by atoms with E-state index in [1.165, 1.54) is 21.6 Å². The van der Waals surface area contributed by atoms with Crippen molar-refractivity contribution in [3.63, 3.8) is 0 Å². The number of nitrogens with zero attached hydrogens (tertiary/aromatic N) is 1. The molecule has 0 saturated heterocycles. The number of thioether (sulfide) groups is 1. The van der Waals surface area contributed by atoms with Crippen LogP contribution in [0.4, 0.5) is 0 Å². The predicted molar refractivity (Wildman–Crippen MR) is 82.8 cm³/mol. The maximum absolute atomic E-state index is 2.41. The van der Waals surface area contributed by atoms with Gasteiger partial charge in [-0.2, -0.15) is 0 Å². The molecule has 1 aliphatic rings.